The van der Waals surface area contributed by atoms with E-state index < -0.39 is 30.6 Å². The lowest BCUT2D eigenvalue weighted by molar-refractivity contribution is -0.272. The summed E-state index contributed by atoms with van der Waals surface area (Å²) in [5.41, 5.74) is 17.5. The summed E-state index contributed by atoms with van der Waals surface area (Å²) in [6.45, 7) is 0.718. The Bertz CT molecular complexity index is 348. The van der Waals surface area contributed by atoms with Crippen molar-refractivity contribution in [2.24, 2.45) is 17.2 Å². The minimum atomic E-state index is -1.18. The largest absolute Gasteiger partial charge is 0.395 e. The summed E-state index contributed by atoms with van der Waals surface area (Å²) in [6.07, 6.45) is -3.14. The summed E-state index contributed by atoms with van der Waals surface area (Å²) < 4.78 is 11.4. The fraction of sp³-hybridized carbons (Fsp3) is 1.00. The van der Waals surface area contributed by atoms with Gasteiger partial charge >= 0.3 is 0 Å². The average Bonchev–Trinajstić information content (AvgIpc) is 2.69. The van der Waals surface area contributed by atoms with E-state index >= 15 is 0 Å². The van der Waals surface area contributed by atoms with Crippen LogP contribution < -0.4 is 22.5 Å². The van der Waals surface area contributed by atoms with Crippen molar-refractivity contribution in [1.29, 1.82) is 0 Å². The highest BCUT2D eigenvalue weighted by Gasteiger charge is 2.44. The number of aliphatic hydroxyl groups excluding tert-OH is 3. The van der Waals surface area contributed by atoms with Crippen LogP contribution in [0, 0.1) is 0 Å². The minimum absolute atomic E-state index is 0.0169. The van der Waals surface area contributed by atoms with Gasteiger partial charge in [0.25, 0.3) is 0 Å². The van der Waals surface area contributed by atoms with Gasteiger partial charge in [0.05, 0.1) is 18.8 Å². The molecule has 22 heavy (non-hydrogen) atoms. The van der Waals surface area contributed by atoms with E-state index in [4.69, 9.17) is 26.7 Å². The van der Waals surface area contributed by atoms with E-state index in [1.807, 2.05) is 0 Å². The van der Waals surface area contributed by atoms with Crippen molar-refractivity contribution in [2.75, 3.05) is 19.7 Å². The smallest absolute Gasteiger partial charge is 0.176 e. The lowest BCUT2D eigenvalue weighted by Crippen LogP contribution is -2.64. The predicted octanol–water partition coefficient (Wildman–Crippen LogP) is -3.82. The zero-order chi connectivity index (χ0) is 16.3. The number of rotatable bonds is 4. The second kappa shape index (κ2) is 7.95. The highest BCUT2D eigenvalue weighted by atomic mass is 16.7. The van der Waals surface area contributed by atoms with Gasteiger partial charge in [-0.2, -0.15) is 0 Å². The monoisotopic (exact) mass is 320 g/mol. The number of aliphatic hydroxyl groups is 3. The Hall–Kier alpha value is -0.360. The molecule has 2 rings (SSSR count). The van der Waals surface area contributed by atoms with Crippen molar-refractivity contribution >= 4 is 0 Å². The molecule has 8 atom stereocenters. The van der Waals surface area contributed by atoms with E-state index in [1.54, 1.807) is 0 Å². The zero-order valence-electron chi connectivity index (χ0n) is 12.5. The molecule has 0 bridgehead atoms. The molecule has 0 spiro atoms. The highest BCUT2D eigenvalue weighted by Crippen LogP contribution is 2.24. The van der Waals surface area contributed by atoms with Crippen LogP contribution in [0.25, 0.3) is 0 Å². The molecule has 2 heterocycles. The minimum Gasteiger partial charge on any atom is -0.395 e. The van der Waals surface area contributed by atoms with E-state index in [0.717, 1.165) is 0 Å². The van der Waals surface area contributed by atoms with Crippen molar-refractivity contribution in [3.05, 3.63) is 0 Å². The van der Waals surface area contributed by atoms with Gasteiger partial charge in [-0.3, -0.25) is 0 Å². The number of nitrogens with one attached hydrogen (secondary N) is 1. The fourth-order valence-corrected chi connectivity index (χ4v) is 2.92. The molecule has 9 nitrogen and oxygen atoms in total. The molecule has 0 aromatic rings. The van der Waals surface area contributed by atoms with Gasteiger partial charge in [-0.25, -0.2) is 0 Å². The van der Waals surface area contributed by atoms with Gasteiger partial charge in [0.15, 0.2) is 6.29 Å². The van der Waals surface area contributed by atoms with Crippen molar-refractivity contribution in [1.82, 2.24) is 5.32 Å². The second-order valence-electron chi connectivity index (χ2n) is 6.03. The van der Waals surface area contributed by atoms with Gasteiger partial charge in [0.1, 0.15) is 18.3 Å². The summed E-state index contributed by atoms with van der Waals surface area (Å²) in [7, 11) is 0. The molecular weight excluding hydrogens is 292 g/mol. The molecule has 0 aliphatic carbocycles. The topological polar surface area (TPSA) is 169 Å². The Morgan fingerprint density at radius 3 is 2.59 bits per heavy atom. The van der Waals surface area contributed by atoms with Gasteiger partial charge in [0, 0.05) is 18.6 Å². The first-order valence-corrected chi connectivity index (χ1v) is 7.70. The Morgan fingerprint density at radius 2 is 1.95 bits per heavy atom. The van der Waals surface area contributed by atoms with Crippen molar-refractivity contribution in [3.63, 3.8) is 0 Å². The molecule has 130 valence electrons. The number of hydrogen-bond acceptors (Lipinski definition) is 9. The first-order valence-electron chi connectivity index (χ1n) is 7.70. The first kappa shape index (κ1) is 18.0. The molecular formula is C13H28N4O5. The Kier molecular flexibility index (Phi) is 6.50. The summed E-state index contributed by atoms with van der Waals surface area (Å²) in [5.74, 6) is 0. The van der Waals surface area contributed by atoms with Crippen LogP contribution in [0.1, 0.15) is 12.8 Å². The molecule has 2 aliphatic heterocycles. The zero-order valence-corrected chi connectivity index (χ0v) is 12.5. The standard InChI is InChI=1S/C13H28N4O5/c14-4-9-11(19)12(20)10(16)13(22-9)21-8-3-6(5-18)17-2-1-7(8)15/h6-13,17-20H,1-5,14-16H2/t6-,7+,8+,9-,10-,11-,12-,13+/m1/s1. The van der Waals surface area contributed by atoms with E-state index in [2.05, 4.69) is 5.32 Å². The van der Waals surface area contributed by atoms with Crippen LogP contribution in [-0.2, 0) is 9.47 Å². The van der Waals surface area contributed by atoms with E-state index in [1.165, 1.54) is 0 Å². The van der Waals surface area contributed by atoms with Gasteiger partial charge in [-0.1, -0.05) is 0 Å². The molecule has 2 saturated heterocycles. The van der Waals surface area contributed by atoms with Crippen LogP contribution in [-0.4, -0.2) is 83.8 Å². The third kappa shape index (κ3) is 3.94. The normalized spacial score (nSPS) is 47.2. The maximum Gasteiger partial charge on any atom is 0.176 e. The summed E-state index contributed by atoms with van der Waals surface area (Å²) >= 11 is 0. The molecule has 10 N–H and O–H groups in total. The van der Waals surface area contributed by atoms with Crippen LogP contribution in [0.4, 0.5) is 0 Å². The second-order valence-corrected chi connectivity index (χ2v) is 6.03. The molecule has 0 aromatic carbocycles. The Morgan fingerprint density at radius 1 is 1.23 bits per heavy atom. The molecule has 0 aromatic heterocycles. The van der Waals surface area contributed by atoms with Gasteiger partial charge < -0.3 is 47.3 Å². The maximum atomic E-state index is 9.99. The van der Waals surface area contributed by atoms with Gasteiger partial charge in [-0.05, 0) is 19.4 Å². The maximum absolute atomic E-state index is 9.99. The summed E-state index contributed by atoms with van der Waals surface area (Å²) in [5, 5.41) is 32.4. The van der Waals surface area contributed by atoms with Crippen LogP contribution in [0.3, 0.4) is 0 Å². The van der Waals surface area contributed by atoms with Crippen molar-refractivity contribution < 1.29 is 24.8 Å². The van der Waals surface area contributed by atoms with Gasteiger partial charge in [-0.15, -0.1) is 0 Å². The first-order chi connectivity index (χ1) is 10.5. The number of nitrogens with two attached hydrogens (primary N) is 3. The van der Waals surface area contributed by atoms with Crippen LogP contribution in [0.2, 0.25) is 0 Å². The third-order valence-electron chi connectivity index (χ3n) is 4.42. The molecule has 0 saturated carbocycles. The lowest BCUT2D eigenvalue weighted by Gasteiger charge is -2.42. The third-order valence-corrected chi connectivity index (χ3v) is 4.42. The van der Waals surface area contributed by atoms with E-state index in [-0.39, 0.29) is 31.3 Å². The molecule has 0 unspecified atom stereocenters. The Balaban J connectivity index is 2.03. The van der Waals surface area contributed by atoms with Gasteiger partial charge in [0.2, 0.25) is 0 Å². The summed E-state index contributed by atoms with van der Waals surface area (Å²) in [4.78, 5) is 0. The van der Waals surface area contributed by atoms with Crippen molar-refractivity contribution in [2.45, 2.75) is 61.7 Å². The van der Waals surface area contributed by atoms with Crippen molar-refractivity contribution in [3.8, 4) is 0 Å². The van der Waals surface area contributed by atoms with E-state index in [0.29, 0.717) is 19.4 Å². The quantitative estimate of drug-likeness (QED) is 0.274. The highest BCUT2D eigenvalue weighted by molar-refractivity contribution is 4.93. The molecule has 0 amide bonds. The van der Waals surface area contributed by atoms with Crippen LogP contribution in [0.5, 0.6) is 0 Å². The fourth-order valence-electron chi connectivity index (χ4n) is 2.92. The predicted molar refractivity (Wildman–Crippen MR) is 78.7 cm³/mol. The van der Waals surface area contributed by atoms with E-state index in [9.17, 15) is 15.3 Å². The number of ether oxygens (including phenoxy) is 2. The lowest BCUT2D eigenvalue weighted by atomic mass is 9.97. The molecule has 9 heteroatoms. The Labute approximate surface area is 129 Å². The summed E-state index contributed by atoms with van der Waals surface area (Å²) in [6, 6.07) is -1.24. The van der Waals surface area contributed by atoms with Crippen LogP contribution in [0.15, 0.2) is 0 Å². The number of hydrogen-bond donors (Lipinski definition) is 7. The molecule has 2 fully saturated rings. The molecule has 2 aliphatic rings. The van der Waals surface area contributed by atoms with Crippen LogP contribution >= 0.6 is 0 Å². The average molecular weight is 320 g/mol. The SMILES string of the molecule is NC[C@H]1O[C@H](O[C@H]2C[C@H](CO)NCC[C@@H]2N)[C@H](N)[C@@H](O)[C@@H]1O. The molecule has 0 radical (unpaired) electrons.